The molecular weight excluding hydrogens is 514 g/mol. The largest absolute Gasteiger partial charge is 0.496 e. The topological polar surface area (TPSA) is 131 Å². The lowest BCUT2D eigenvalue weighted by Gasteiger charge is -2.14. The third kappa shape index (κ3) is 6.65. The Balaban J connectivity index is 1.82. The zero-order valence-corrected chi connectivity index (χ0v) is 21.5. The molecule has 186 valence electrons. The smallest absolute Gasteiger partial charge is 0.261 e. The van der Waals surface area contributed by atoms with Gasteiger partial charge >= 0.3 is 0 Å². The summed E-state index contributed by atoms with van der Waals surface area (Å²) in [5, 5.41) is 3.07. The van der Waals surface area contributed by atoms with E-state index < -0.39 is 26.0 Å². The van der Waals surface area contributed by atoms with Crippen LogP contribution in [-0.4, -0.2) is 35.9 Å². The number of amides is 1. The lowest BCUT2D eigenvalue weighted by molar-refractivity contribution is 0.0940. The van der Waals surface area contributed by atoms with Crippen LogP contribution in [0.1, 0.15) is 24.2 Å². The summed E-state index contributed by atoms with van der Waals surface area (Å²) in [5.41, 5.74) is 0.493. The molecule has 0 aromatic heterocycles. The van der Waals surface area contributed by atoms with E-state index in [0.717, 1.165) is 0 Å². The predicted octanol–water partition coefficient (Wildman–Crippen LogP) is 4.09. The minimum atomic E-state index is -4.09. The Bertz CT molecular complexity index is 1440. The van der Waals surface area contributed by atoms with Crippen molar-refractivity contribution in [2.24, 2.45) is 0 Å². The average Bonchev–Trinajstić information content (AvgIpc) is 2.78. The van der Waals surface area contributed by atoms with Crippen molar-refractivity contribution in [1.82, 2.24) is 5.32 Å². The lowest BCUT2D eigenvalue weighted by Crippen LogP contribution is -2.30. The maximum Gasteiger partial charge on any atom is 0.261 e. The van der Waals surface area contributed by atoms with Crippen molar-refractivity contribution in [1.29, 1.82) is 0 Å². The van der Waals surface area contributed by atoms with Gasteiger partial charge in [0.1, 0.15) is 5.75 Å². The molecule has 0 unspecified atom stereocenters. The van der Waals surface area contributed by atoms with E-state index >= 15 is 0 Å². The summed E-state index contributed by atoms with van der Waals surface area (Å²) in [4.78, 5) is 12.2. The van der Waals surface area contributed by atoms with Crippen molar-refractivity contribution < 1.29 is 26.4 Å². The van der Waals surface area contributed by atoms with Gasteiger partial charge in [0, 0.05) is 16.8 Å². The van der Waals surface area contributed by atoms with Gasteiger partial charge in [0.05, 0.1) is 28.2 Å². The Hall–Kier alpha value is -3.28. The van der Waals surface area contributed by atoms with E-state index in [4.69, 9.17) is 16.3 Å². The molecule has 3 rings (SSSR count). The van der Waals surface area contributed by atoms with Gasteiger partial charge in [0.15, 0.2) is 0 Å². The molecule has 12 heteroatoms. The summed E-state index contributed by atoms with van der Waals surface area (Å²) >= 11 is 5.89. The summed E-state index contributed by atoms with van der Waals surface area (Å²) < 4.78 is 61.1. The van der Waals surface area contributed by atoms with E-state index in [9.17, 15) is 21.6 Å². The van der Waals surface area contributed by atoms with Crippen LogP contribution in [0.2, 0.25) is 5.02 Å². The summed E-state index contributed by atoms with van der Waals surface area (Å²) in [6, 6.07) is 15.2. The maximum absolute atomic E-state index is 12.9. The van der Waals surface area contributed by atoms with E-state index in [1.54, 1.807) is 32.0 Å². The molecular formula is C23H24ClN3O6S2. The summed E-state index contributed by atoms with van der Waals surface area (Å²) in [6.45, 7) is 3.56. The Kier molecular flexibility index (Phi) is 7.93. The highest BCUT2D eigenvalue weighted by Crippen LogP contribution is 2.25. The van der Waals surface area contributed by atoms with Crippen LogP contribution in [0.25, 0.3) is 0 Å². The number of halogens is 1. The van der Waals surface area contributed by atoms with Gasteiger partial charge in [-0.2, -0.15) is 0 Å². The van der Waals surface area contributed by atoms with Crippen molar-refractivity contribution in [2.45, 2.75) is 29.7 Å². The third-order valence-electron chi connectivity index (χ3n) is 4.64. The second-order valence-electron chi connectivity index (χ2n) is 7.74. The van der Waals surface area contributed by atoms with Gasteiger partial charge in [-0.05, 0) is 74.5 Å². The maximum atomic E-state index is 12.9. The van der Waals surface area contributed by atoms with E-state index in [2.05, 4.69) is 14.8 Å². The molecule has 0 aliphatic carbocycles. The standard InChI is InChI=1S/C23H24ClN3O6S2/c1-15(2)25-23(28)21-14-20(11-12-22(21)33-3)35(31,32)26-17-7-9-19(10-8-17)34(29,30)27-18-6-4-5-16(24)13-18/h4-15,26-27H,1-3H3,(H,25,28). The minimum Gasteiger partial charge on any atom is -0.496 e. The molecule has 3 aromatic carbocycles. The predicted molar refractivity (Wildman–Crippen MR) is 135 cm³/mol. The van der Waals surface area contributed by atoms with Gasteiger partial charge in [-0.1, -0.05) is 17.7 Å². The molecule has 0 aliphatic heterocycles. The first-order valence-electron chi connectivity index (χ1n) is 10.3. The summed E-state index contributed by atoms with van der Waals surface area (Å²) in [6.07, 6.45) is 0. The molecule has 1 amide bonds. The Labute approximate surface area is 209 Å². The average molecular weight is 538 g/mol. The highest BCUT2D eigenvalue weighted by atomic mass is 35.5. The molecule has 0 atom stereocenters. The first kappa shape index (κ1) is 26.3. The van der Waals surface area contributed by atoms with E-state index in [-0.39, 0.29) is 32.8 Å². The molecule has 3 aromatic rings. The van der Waals surface area contributed by atoms with Crippen LogP contribution in [0.15, 0.2) is 76.5 Å². The fraction of sp³-hybridized carbons (Fsp3) is 0.174. The van der Waals surface area contributed by atoms with Crippen LogP contribution in [0, 0.1) is 0 Å². The van der Waals surface area contributed by atoms with Crippen LogP contribution >= 0.6 is 11.6 Å². The number of methoxy groups -OCH3 is 1. The first-order valence-corrected chi connectivity index (χ1v) is 13.7. The molecule has 0 aliphatic rings. The van der Waals surface area contributed by atoms with Gasteiger partial charge in [-0.15, -0.1) is 0 Å². The van der Waals surface area contributed by atoms with Gasteiger partial charge in [-0.3, -0.25) is 14.2 Å². The van der Waals surface area contributed by atoms with Crippen LogP contribution in [0.5, 0.6) is 5.75 Å². The van der Waals surface area contributed by atoms with Crippen molar-refractivity contribution in [3.05, 3.63) is 77.3 Å². The first-order chi connectivity index (χ1) is 16.4. The number of sulfonamides is 2. The number of hydrogen-bond donors (Lipinski definition) is 3. The number of carbonyl (C=O) groups is 1. The lowest BCUT2D eigenvalue weighted by atomic mass is 10.2. The second kappa shape index (κ2) is 10.5. The molecule has 0 saturated carbocycles. The Morgan fingerprint density at radius 1 is 0.829 bits per heavy atom. The Morgan fingerprint density at radius 3 is 2.03 bits per heavy atom. The number of benzene rings is 3. The van der Waals surface area contributed by atoms with Crippen molar-refractivity contribution >= 4 is 48.9 Å². The number of nitrogens with one attached hydrogen (secondary N) is 3. The minimum absolute atomic E-state index is 0.0672. The molecule has 35 heavy (non-hydrogen) atoms. The van der Waals surface area contributed by atoms with Gasteiger partial charge in [0.2, 0.25) is 0 Å². The molecule has 0 saturated heterocycles. The molecule has 0 radical (unpaired) electrons. The molecule has 0 bridgehead atoms. The number of ether oxygens (including phenoxy) is 1. The molecule has 9 nitrogen and oxygen atoms in total. The zero-order valence-electron chi connectivity index (χ0n) is 19.1. The molecule has 0 fully saturated rings. The molecule has 0 spiro atoms. The Morgan fingerprint density at radius 2 is 1.43 bits per heavy atom. The number of rotatable bonds is 9. The van der Waals surface area contributed by atoms with Gasteiger partial charge in [-0.25, -0.2) is 16.8 Å². The normalized spacial score (nSPS) is 11.7. The zero-order chi connectivity index (χ0) is 25.8. The quantitative estimate of drug-likeness (QED) is 0.377. The van der Waals surface area contributed by atoms with E-state index in [0.29, 0.717) is 10.7 Å². The highest BCUT2D eigenvalue weighted by molar-refractivity contribution is 7.93. The van der Waals surface area contributed by atoms with Gasteiger partial charge in [0.25, 0.3) is 26.0 Å². The number of anilines is 2. The fourth-order valence-electron chi connectivity index (χ4n) is 3.05. The van der Waals surface area contributed by atoms with Crippen LogP contribution in [0.3, 0.4) is 0 Å². The van der Waals surface area contributed by atoms with Crippen LogP contribution in [-0.2, 0) is 20.0 Å². The SMILES string of the molecule is COc1ccc(S(=O)(=O)Nc2ccc(S(=O)(=O)Nc3cccc(Cl)c3)cc2)cc1C(=O)NC(C)C. The molecule has 0 heterocycles. The van der Waals surface area contributed by atoms with Gasteiger partial charge < -0.3 is 10.1 Å². The summed E-state index contributed by atoms with van der Waals surface area (Å²) in [5.74, 6) is -0.250. The van der Waals surface area contributed by atoms with Crippen molar-refractivity contribution in [3.8, 4) is 5.75 Å². The summed E-state index contributed by atoms with van der Waals surface area (Å²) in [7, 11) is -6.63. The van der Waals surface area contributed by atoms with Crippen molar-refractivity contribution in [2.75, 3.05) is 16.6 Å². The van der Waals surface area contributed by atoms with Crippen molar-refractivity contribution in [3.63, 3.8) is 0 Å². The second-order valence-corrected chi connectivity index (χ2v) is 11.5. The fourth-order valence-corrected chi connectivity index (χ4v) is 5.38. The molecule has 3 N–H and O–H groups in total. The highest BCUT2D eigenvalue weighted by Gasteiger charge is 2.21. The van der Waals surface area contributed by atoms with Crippen LogP contribution < -0.4 is 19.5 Å². The monoisotopic (exact) mass is 537 g/mol. The van der Waals surface area contributed by atoms with E-state index in [1.165, 1.54) is 55.6 Å². The third-order valence-corrected chi connectivity index (χ3v) is 7.65. The van der Waals surface area contributed by atoms with E-state index in [1.807, 2.05) is 0 Å². The number of carbonyl (C=O) groups excluding carboxylic acids is 1. The number of hydrogen-bond acceptors (Lipinski definition) is 6. The van der Waals surface area contributed by atoms with Crippen LogP contribution in [0.4, 0.5) is 11.4 Å².